The van der Waals surface area contributed by atoms with Gasteiger partial charge in [0, 0.05) is 24.3 Å². The predicted octanol–water partition coefficient (Wildman–Crippen LogP) is 6.02. The normalized spacial score (nSPS) is 12.0. The second-order valence-electron chi connectivity index (χ2n) is 5.97. The van der Waals surface area contributed by atoms with Crippen LogP contribution in [0.15, 0.2) is 41.9 Å². The minimum absolute atomic E-state index is 0.0654. The molecule has 3 aromatic rings. The van der Waals surface area contributed by atoms with Crippen LogP contribution in [0.4, 0.5) is 41.2 Å². The first kappa shape index (κ1) is 22.5. The van der Waals surface area contributed by atoms with E-state index >= 15 is 0 Å². The van der Waals surface area contributed by atoms with E-state index in [1.54, 1.807) is 0 Å². The van der Waals surface area contributed by atoms with Crippen molar-refractivity contribution in [1.82, 2.24) is 9.97 Å². The fourth-order valence-electron chi connectivity index (χ4n) is 2.40. The van der Waals surface area contributed by atoms with Gasteiger partial charge in [-0.25, -0.2) is 19.2 Å². The van der Waals surface area contributed by atoms with E-state index in [0.717, 1.165) is 42.4 Å². The van der Waals surface area contributed by atoms with Crippen molar-refractivity contribution >= 4 is 23.1 Å². The van der Waals surface area contributed by atoms with E-state index < -0.39 is 47.0 Å². The molecule has 31 heavy (non-hydrogen) atoms. The van der Waals surface area contributed by atoms with E-state index in [1.165, 1.54) is 5.38 Å². The third kappa shape index (κ3) is 4.93. The number of carbonyl (C=O) groups excluding carboxylic acids is 1. The number of pyridine rings is 1. The van der Waals surface area contributed by atoms with Gasteiger partial charge in [0.15, 0.2) is 5.75 Å². The number of aromatic nitrogens is 2. The zero-order valence-corrected chi connectivity index (χ0v) is 16.1. The Hall–Kier alpha value is -3.22. The fraction of sp³-hybridized carbons (Fsp3) is 0.167. The Bertz CT molecular complexity index is 1080. The summed E-state index contributed by atoms with van der Waals surface area (Å²) in [7, 11) is 1.13. The van der Waals surface area contributed by atoms with Crippen molar-refractivity contribution in [2.45, 2.75) is 12.4 Å². The number of rotatable bonds is 3. The fourth-order valence-corrected chi connectivity index (χ4v) is 3.03. The number of anilines is 1. The van der Waals surface area contributed by atoms with Gasteiger partial charge in [-0.1, -0.05) is 0 Å². The number of hydrogen-bond donors (Lipinski definition) is 0. The first-order chi connectivity index (χ1) is 14.4. The van der Waals surface area contributed by atoms with Gasteiger partial charge >= 0.3 is 18.4 Å². The Morgan fingerprint density at radius 3 is 2.23 bits per heavy atom. The summed E-state index contributed by atoms with van der Waals surface area (Å²) in [5.74, 6) is -1.85. The number of nitrogens with zero attached hydrogens (tertiary/aromatic N) is 3. The molecule has 5 nitrogen and oxygen atoms in total. The smallest absolute Gasteiger partial charge is 0.407 e. The molecular formula is C18H10F7N3O2S. The molecule has 1 amide bonds. The number of ether oxygens (including phenoxy) is 1. The van der Waals surface area contributed by atoms with Gasteiger partial charge in [-0.05, 0) is 30.3 Å². The lowest BCUT2D eigenvalue weighted by molar-refractivity contribution is -0.145. The highest BCUT2D eigenvalue weighted by Crippen LogP contribution is 2.44. The Balaban J connectivity index is 2.13. The average molecular weight is 465 g/mol. The van der Waals surface area contributed by atoms with Gasteiger partial charge < -0.3 is 4.74 Å². The van der Waals surface area contributed by atoms with Crippen LogP contribution in [0.3, 0.4) is 0 Å². The van der Waals surface area contributed by atoms with Crippen molar-refractivity contribution in [3.63, 3.8) is 0 Å². The van der Waals surface area contributed by atoms with E-state index in [2.05, 4.69) is 9.97 Å². The standard InChI is InChI=1S/C18H10F7N3O2S/c1-28(10-4-2-9(19)3-5-10)16(29)30-14-11(17(20,21)22)8-12(18(23,24)25)27-13(14)15-26-6-7-31-15/h2-8H,1H3. The molecule has 0 atom stereocenters. The molecule has 0 unspecified atom stereocenters. The molecule has 1 aromatic carbocycles. The van der Waals surface area contributed by atoms with E-state index in [4.69, 9.17) is 4.74 Å². The number of halogens is 7. The Labute approximate surface area is 173 Å². The molecule has 0 saturated heterocycles. The maximum atomic E-state index is 13.6. The monoisotopic (exact) mass is 465 g/mol. The lowest BCUT2D eigenvalue weighted by Crippen LogP contribution is -2.30. The van der Waals surface area contributed by atoms with Gasteiger partial charge in [-0.2, -0.15) is 26.3 Å². The predicted molar refractivity (Wildman–Crippen MR) is 96.2 cm³/mol. The van der Waals surface area contributed by atoms with Crippen molar-refractivity contribution in [3.8, 4) is 16.5 Å². The third-order valence-corrected chi connectivity index (χ3v) is 4.66. The molecule has 0 radical (unpaired) electrons. The molecule has 0 spiro atoms. The van der Waals surface area contributed by atoms with E-state index in [-0.39, 0.29) is 16.8 Å². The molecular weight excluding hydrogens is 455 g/mol. The highest BCUT2D eigenvalue weighted by molar-refractivity contribution is 7.13. The van der Waals surface area contributed by atoms with Gasteiger partial charge in [0.05, 0.1) is 0 Å². The van der Waals surface area contributed by atoms with Crippen LogP contribution in [0.25, 0.3) is 10.7 Å². The van der Waals surface area contributed by atoms with Gasteiger partial charge in [-0.3, -0.25) is 4.90 Å². The largest absolute Gasteiger partial charge is 0.433 e. The number of carbonyl (C=O) groups is 1. The van der Waals surface area contributed by atoms with Crippen molar-refractivity contribution < 1.29 is 40.3 Å². The lowest BCUT2D eigenvalue weighted by atomic mass is 10.1. The molecule has 3 rings (SSSR count). The molecule has 0 N–H and O–H groups in total. The number of alkyl halides is 6. The third-order valence-electron chi connectivity index (χ3n) is 3.88. The maximum Gasteiger partial charge on any atom is 0.433 e. The molecule has 13 heteroatoms. The van der Waals surface area contributed by atoms with Crippen molar-refractivity contribution in [3.05, 3.63) is 59.0 Å². The van der Waals surface area contributed by atoms with Crippen LogP contribution in [0.1, 0.15) is 11.3 Å². The van der Waals surface area contributed by atoms with Crippen LogP contribution < -0.4 is 9.64 Å². The SMILES string of the molecule is CN(C(=O)Oc1c(C(F)(F)F)cc(C(F)(F)F)nc1-c1nccs1)c1ccc(F)cc1. The van der Waals surface area contributed by atoms with Crippen LogP contribution in [-0.4, -0.2) is 23.1 Å². The molecule has 0 saturated carbocycles. The van der Waals surface area contributed by atoms with E-state index in [1.807, 2.05) is 0 Å². The molecule has 0 aliphatic rings. The molecule has 0 aliphatic heterocycles. The average Bonchev–Trinajstić information content (AvgIpc) is 3.21. The number of thiazole rings is 1. The Morgan fingerprint density at radius 2 is 1.71 bits per heavy atom. The van der Waals surface area contributed by atoms with Crippen molar-refractivity contribution in [1.29, 1.82) is 0 Å². The van der Waals surface area contributed by atoms with Crippen LogP contribution in [0, 0.1) is 5.82 Å². The summed E-state index contributed by atoms with van der Waals surface area (Å²) in [6.45, 7) is 0. The van der Waals surface area contributed by atoms with Crippen LogP contribution in [0.2, 0.25) is 0 Å². The zero-order chi connectivity index (χ0) is 23.0. The van der Waals surface area contributed by atoms with Gasteiger partial charge in [0.1, 0.15) is 27.8 Å². The summed E-state index contributed by atoms with van der Waals surface area (Å²) in [5.41, 5.74) is -4.49. The highest BCUT2D eigenvalue weighted by atomic mass is 32.1. The van der Waals surface area contributed by atoms with Gasteiger partial charge in [0.25, 0.3) is 0 Å². The van der Waals surface area contributed by atoms with E-state index in [0.29, 0.717) is 11.3 Å². The summed E-state index contributed by atoms with van der Waals surface area (Å²) in [6.07, 6.45) is -10.7. The zero-order valence-electron chi connectivity index (χ0n) is 15.3. The second kappa shape index (κ2) is 8.13. The molecule has 0 fully saturated rings. The summed E-state index contributed by atoms with van der Waals surface area (Å²) < 4.78 is 98.2. The number of hydrogen-bond acceptors (Lipinski definition) is 5. The first-order valence-electron chi connectivity index (χ1n) is 8.18. The van der Waals surface area contributed by atoms with Gasteiger partial charge in [-0.15, -0.1) is 11.3 Å². The van der Waals surface area contributed by atoms with Gasteiger partial charge in [0.2, 0.25) is 0 Å². The Morgan fingerprint density at radius 1 is 1.06 bits per heavy atom. The summed E-state index contributed by atoms with van der Waals surface area (Å²) >= 11 is 0.707. The van der Waals surface area contributed by atoms with Crippen LogP contribution >= 0.6 is 11.3 Å². The number of amides is 1. The van der Waals surface area contributed by atoms with Crippen LogP contribution in [-0.2, 0) is 12.4 Å². The molecule has 2 heterocycles. The van der Waals surface area contributed by atoms with Crippen LogP contribution in [0.5, 0.6) is 5.75 Å². The topological polar surface area (TPSA) is 55.3 Å². The van der Waals surface area contributed by atoms with E-state index in [9.17, 15) is 35.5 Å². The molecule has 164 valence electrons. The molecule has 0 bridgehead atoms. The highest BCUT2D eigenvalue weighted by Gasteiger charge is 2.43. The van der Waals surface area contributed by atoms with Crippen molar-refractivity contribution in [2.24, 2.45) is 0 Å². The lowest BCUT2D eigenvalue weighted by Gasteiger charge is -2.21. The molecule has 2 aromatic heterocycles. The Kier molecular flexibility index (Phi) is 5.89. The minimum Gasteiger partial charge on any atom is -0.407 e. The second-order valence-corrected chi connectivity index (χ2v) is 6.86. The minimum atomic E-state index is -5.31. The summed E-state index contributed by atoms with van der Waals surface area (Å²) in [6, 6.07) is 4.08. The number of benzene rings is 1. The quantitative estimate of drug-likeness (QED) is 0.444. The van der Waals surface area contributed by atoms with Crippen molar-refractivity contribution in [2.75, 3.05) is 11.9 Å². The first-order valence-corrected chi connectivity index (χ1v) is 9.06. The summed E-state index contributed by atoms with van der Waals surface area (Å²) in [4.78, 5) is 20.1. The maximum absolute atomic E-state index is 13.6. The summed E-state index contributed by atoms with van der Waals surface area (Å²) in [5, 5.41) is 0.990. The molecule has 0 aliphatic carbocycles.